The quantitative estimate of drug-likeness (QED) is 0.226. The summed E-state index contributed by atoms with van der Waals surface area (Å²) in [4.78, 5) is 20.9. The van der Waals surface area contributed by atoms with E-state index >= 15 is 0 Å². The van der Waals surface area contributed by atoms with Crippen molar-refractivity contribution in [2.45, 2.75) is 13.8 Å². The fourth-order valence-electron chi connectivity index (χ4n) is 2.58. The Morgan fingerprint density at radius 2 is 1.85 bits per heavy atom. The van der Waals surface area contributed by atoms with Crippen LogP contribution >= 0.6 is 0 Å². The van der Waals surface area contributed by atoms with Gasteiger partial charge in [0.2, 0.25) is 11.9 Å². The van der Waals surface area contributed by atoms with Crippen molar-refractivity contribution in [2.24, 2.45) is 0 Å². The zero-order valence-electron chi connectivity index (χ0n) is 15.1. The number of aromatic nitrogens is 2. The summed E-state index contributed by atoms with van der Waals surface area (Å²) in [6, 6.07) is 16.5. The third-order valence-electron chi connectivity index (χ3n) is 3.94. The summed E-state index contributed by atoms with van der Waals surface area (Å²) >= 11 is 0. The minimum Gasteiger partial charge on any atom is -0.618 e. The molecule has 27 heavy (non-hydrogen) atoms. The summed E-state index contributed by atoms with van der Waals surface area (Å²) in [6.45, 7) is 3.78. The zero-order chi connectivity index (χ0) is 19.2. The Kier molecular flexibility index (Phi) is 5.56. The van der Waals surface area contributed by atoms with Gasteiger partial charge >= 0.3 is 5.97 Å². The van der Waals surface area contributed by atoms with E-state index in [0.29, 0.717) is 16.3 Å². The molecule has 0 bridgehead atoms. The van der Waals surface area contributed by atoms with Crippen LogP contribution in [0.15, 0.2) is 60.8 Å². The molecular formula is C21H19N3O3. The van der Waals surface area contributed by atoms with E-state index in [2.05, 4.69) is 9.97 Å². The predicted molar refractivity (Wildman–Crippen MR) is 103 cm³/mol. The summed E-state index contributed by atoms with van der Waals surface area (Å²) in [5.74, 6) is -0.144. The fraction of sp³-hybridized carbons (Fsp3) is 0.143. The highest BCUT2D eigenvalue weighted by Gasteiger charge is 2.18. The number of hydrogen-bond donors (Lipinski definition) is 0. The second-order valence-electron chi connectivity index (χ2n) is 5.82. The minimum atomic E-state index is -0.568. The Hall–Kier alpha value is -3.54. The molecule has 1 heterocycles. The lowest BCUT2D eigenvalue weighted by Crippen LogP contribution is -2.13. The second kappa shape index (κ2) is 8.23. The molecule has 0 saturated carbocycles. The lowest BCUT2D eigenvalue weighted by Gasteiger charge is -2.09. The molecule has 0 radical (unpaired) electrons. The van der Waals surface area contributed by atoms with Crippen LogP contribution in [0.25, 0.3) is 11.4 Å². The van der Waals surface area contributed by atoms with Gasteiger partial charge in [0.1, 0.15) is 11.3 Å². The molecule has 0 unspecified atom stereocenters. The maximum atomic E-state index is 12.7. The Labute approximate surface area is 157 Å². The highest BCUT2D eigenvalue weighted by atomic mass is 16.5. The molecule has 136 valence electrons. The van der Waals surface area contributed by atoms with Gasteiger partial charge in [-0.2, -0.15) is 4.74 Å². The lowest BCUT2D eigenvalue weighted by molar-refractivity contribution is -0.355. The number of carbonyl (C=O) groups is 1. The number of para-hydroxylation sites is 1. The molecule has 0 fully saturated rings. The van der Waals surface area contributed by atoms with Crippen LogP contribution < -0.4 is 0 Å². The number of ether oxygens (including phenoxy) is 1. The van der Waals surface area contributed by atoms with E-state index in [1.165, 1.54) is 12.4 Å². The summed E-state index contributed by atoms with van der Waals surface area (Å²) < 4.78 is 5.77. The van der Waals surface area contributed by atoms with Crippen molar-refractivity contribution in [1.29, 1.82) is 0 Å². The van der Waals surface area contributed by atoms with E-state index in [0.717, 1.165) is 11.1 Å². The summed E-state index contributed by atoms with van der Waals surface area (Å²) in [5.41, 5.74) is 2.44. The number of nitrogens with zero attached hydrogens (tertiary/aromatic N) is 3. The summed E-state index contributed by atoms with van der Waals surface area (Å²) in [5, 5.41) is 12.7. The van der Waals surface area contributed by atoms with Crippen LogP contribution in [-0.4, -0.2) is 33.5 Å². The summed E-state index contributed by atoms with van der Waals surface area (Å²) in [7, 11) is 0. The monoisotopic (exact) mass is 361 g/mol. The van der Waals surface area contributed by atoms with E-state index in [9.17, 15) is 10.0 Å². The van der Waals surface area contributed by atoms with Gasteiger partial charge in [-0.1, -0.05) is 48.5 Å². The zero-order valence-corrected chi connectivity index (χ0v) is 15.1. The predicted octanol–water partition coefficient (Wildman–Crippen LogP) is 3.89. The largest absolute Gasteiger partial charge is 0.618 e. The highest BCUT2D eigenvalue weighted by molar-refractivity contribution is 5.97. The first-order valence-corrected chi connectivity index (χ1v) is 8.56. The van der Waals surface area contributed by atoms with E-state index in [4.69, 9.17) is 4.74 Å². The minimum absolute atomic E-state index is 0.144. The van der Waals surface area contributed by atoms with Crippen LogP contribution in [0.4, 0.5) is 5.69 Å². The molecule has 6 nitrogen and oxygen atoms in total. The molecule has 0 spiro atoms. The van der Waals surface area contributed by atoms with E-state index in [1.54, 1.807) is 19.1 Å². The molecule has 3 aromatic rings. The topological polar surface area (TPSA) is 78.1 Å². The van der Waals surface area contributed by atoms with E-state index in [-0.39, 0.29) is 17.9 Å². The van der Waals surface area contributed by atoms with Crippen LogP contribution in [0.3, 0.4) is 0 Å². The average Bonchev–Trinajstić information content (AvgIpc) is 2.69. The lowest BCUT2D eigenvalue weighted by atomic mass is 10.2. The molecule has 0 atom stereocenters. The van der Waals surface area contributed by atoms with Gasteiger partial charge in [-0.25, -0.2) is 14.8 Å². The van der Waals surface area contributed by atoms with Gasteiger partial charge in [0.15, 0.2) is 5.82 Å². The normalized spacial score (nSPS) is 11.3. The van der Waals surface area contributed by atoms with Crippen LogP contribution in [-0.2, 0) is 4.74 Å². The maximum Gasteiger partial charge on any atom is 0.342 e. The molecule has 3 rings (SSSR count). The van der Waals surface area contributed by atoms with Gasteiger partial charge in [-0.05, 0) is 13.8 Å². The first-order chi connectivity index (χ1) is 13.1. The molecule has 6 heteroatoms. The van der Waals surface area contributed by atoms with E-state index < -0.39 is 5.97 Å². The van der Waals surface area contributed by atoms with Gasteiger partial charge in [0.05, 0.1) is 6.61 Å². The van der Waals surface area contributed by atoms with E-state index in [1.807, 2.05) is 49.4 Å². The number of rotatable bonds is 5. The molecule has 1 aromatic heterocycles. The Balaban J connectivity index is 2.11. The van der Waals surface area contributed by atoms with Gasteiger partial charge < -0.3 is 9.94 Å². The van der Waals surface area contributed by atoms with Crippen LogP contribution in [0.5, 0.6) is 0 Å². The van der Waals surface area contributed by atoms with Crippen LogP contribution in [0.2, 0.25) is 0 Å². The average molecular weight is 361 g/mol. The van der Waals surface area contributed by atoms with Crippen LogP contribution in [0, 0.1) is 12.1 Å². The highest BCUT2D eigenvalue weighted by Crippen LogP contribution is 2.19. The first-order valence-electron chi connectivity index (χ1n) is 8.56. The van der Waals surface area contributed by atoms with Gasteiger partial charge in [-0.3, -0.25) is 0 Å². The molecule has 2 aromatic carbocycles. The van der Waals surface area contributed by atoms with Crippen molar-refractivity contribution >= 4 is 17.9 Å². The van der Waals surface area contributed by atoms with Crippen molar-refractivity contribution in [3.63, 3.8) is 0 Å². The number of hydrogen-bond acceptors (Lipinski definition) is 5. The molecule has 0 saturated heterocycles. The van der Waals surface area contributed by atoms with Gasteiger partial charge in [-0.15, -0.1) is 0 Å². The van der Waals surface area contributed by atoms with Gasteiger partial charge in [0.25, 0.3) is 0 Å². The molecule has 0 aliphatic rings. The fourth-order valence-corrected chi connectivity index (χ4v) is 2.58. The van der Waals surface area contributed by atoms with Crippen molar-refractivity contribution in [1.82, 2.24) is 9.97 Å². The smallest absolute Gasteiger partial charge is 0.342 e. The molecule has 0 amide bonds. The third-order valence-corrected chi connectivity index (χ3v) is 3.94. The Bertz CT molecular complexity index is 985. The number of aryl methyl sites for hydroxylation is 1. The number of benzene rings is 2. The van der Waals surface area contributed by atoms with Crippen molar-refractivity contribution in [3.05, 3.63) is 82.8 Å². The van der Waals surface area contributed by atoms with Crippen molar-refractivity contribution in [2.75, 3.05) is 6.61 Å². The third kappa shape index (κ3) is 4.17. The number of carbonyl (C=O) groups excluding carboxylic acids is 1. The van der Waals surface area contributed by atoms with Gasteiger partial charge in [0, 0.05) is 23.4 Å². The Morgan fingerprint density at radius 1 is 1.15 bits per heavy atom. The maximum absolute atomic E-state index is 12.7. The Morgan fingerprint density at radius 3 is 2.56 bits per heavy atom. The second-order valence-corrected chi connectivity index (χ2v) is 5.82. The summed E-state index contributed by atoms with van der Waals surface area (Å²) in [6.07, 6.45) is 2.67. The van der Waals surface area contributed by atoms with Crippen molar-refractivity contribution in [3.8, 4) is 11.4 Å². The first kappa shape index (κ1) is 18.3. The number of esters is 1. The molecule has 0 aliphatic heterocycles. The van der Waals surface area contributed by atoms with Crippen LogP contribution in [0.1, 0.15) is 28.5 Å². The molecule has 0 N–H and O–H groups in total. The van der Waals surface area contributed by atoms with Crippen molar-refractivity contribution < 1.29 is 14.3 Å². The standard InChI is InChI=1S/C21H19N3O3/c1-3-27-21(25)17-13-22-20(16-10-5-4-6-11-16)23-18(17)14-24(26)19-12-8-7-9-15(19)2/h4-14H,3H2,1-2H3. The molecule has 0 aliphatic carbocycles. The molecular weight excluding hydrogens is 342 g/mol. The SMILES string of the molecule is CCOC(=O)c1cnc(-c2ccccc2)nc1C=[N+]([O-])c1ccccc1C.